The molecule has 2 unspecified atom stereocenters. The van der Waals surface area contributed by atoms with Crippen LogP contribution in [0.25, 0.3) is 31.7 Å². The number of thiophene rings is 1. The van der Waals surface area contributed by atoms with Crippen LogP contribution >= 0.6 is 11.3 Å². The van der Waals surface area contributed by atoms with E-state index in [1.165, 1.54) is 23.4 Å². The van der Waals surface area contributed by atoms with Gasteiger partial charge in [-0.15, -0.1) is 11.3 Å². The summed E-state index contributed by atoms with van der Waals surface area (Å²) in [5, 5.41) is 12.4. The summed E-state index contributed by atoms with van der Waals surface area (Å²) < 4.78 is 15.0. The van der Waals surface area contributed by atoms with E-state index in [2.05, 4.69) is 34.6 Å². The summed E-state index contributed by atoms with van der Waals surface area (Å²) in [6.07, 6.45) is 5.66. The molecular formula is C39H49N5O5S. The first-order chi connectivity index (χ1) is 24.0. The number of hydrogen-bond donors (Lipinski definition) is 1. The molecule has 4 aliphatic rings. The van der Waals surface area contributed by atoms with Gasteiger partial charge in [0.1, 0.15) is 17.2 Å². The number of piperidine rings is 2. The molecular weight excluding hydrogens is 651 g/mol. The van der Waals surface area contributed by atoms with Crippen molar-refractivity contribution in [1.29, 1.82) is 0 Å². The van der Waals surface area contributed by atoms with E-state index in [-0.39, 0.29) is 23.9 Å². The number of methoxy groups -OCH3 is 2. The molecule has 0 radical (unpaired) electrons. The molecule has 266 valence electrons. The van der Waals surface area contributed by atoms with Gasteiger partial charge in [-0.1, -0.05) is 0 Å². The molecule has 2 saturated heterocycles. The minimum absolute atomic E-state index is 0.0524. The Balaban J connectivity index is 1.15. The van der Waals surface area contributed by atoms with Crippen LogP contribution in [0.5, 0.6) is 5.75 Å². The van der Waals surface area contributed by atoms with Crippen LogP contribution in [-0.4, -0.2) is 94.0 Å². The van der Waals surface area contributed by atoms with E-state index in [1.54, 1.807) is 30.5 Å². The van der Waals surface area contributed by atoms with Gasteiger partial charge < -0.3 is 28.9 Å². The number of anilines is 1. The standard InChI is InChI=1S/C39H49N5O5S/c1-22-33-30(49-6)18-26(37(45)43-21-25-9-11-28(43)34(25)44(38(46)47)39(2,3)4)19-31(33)50-35(22)29-17-24-10-12-32(41-15-13-27(48-5)14-16-41)40-36(24)42(29)20-23-7-8-23/h10,12,17-19,23,25,27-28,34H,7-9,11,13-16,20-21H2,1-6H3,(H,46,47)/t25?,28?,34-/m1/s1. The van der Waals surface area contributed by atoms with E-state index in [0.29, 0.717) is 29.9 Å². The number of carbonyl (C=O) groups is 2. The monoisotopic (exact) mass is 699 g/mol. The Kier molecular flexibility index (Phi) is 8.29. The molecule has 50 heavy (non-hydrogen) atoms. The average molecular weight is 700 g/mol. The first-order valence-electron chi connectivity index (χ1n) is 18.2. The molecule has 5 heterocycles. The lowest BCUT2D eigenvalue weighted by Gasteiger charge is -2.40. The average Bonchev–Trinajstić information content (AvgIpc) is 3.42. The number of pyridine rings is 1. The number of benzene rings is 1. The lowest BCUT2D eigenvalue weighted by molar-refractivity contribution is 0.0503. The molecule has 2 saturated carbocycles. The van der Waals surface area contributed by atoms with Gasteiger partial charge in [-0.3, -0.25) is 9.69 Å². The van der Waals surface area contributed by atoms with Crippen molar-refractivity contribution >= 4 is 50.3 Å². The number of carboxylic acid groups (broad SMARTS) is 1. The van der Waals surface area contributed by atoms with Crippen molar-refractivity contribution in [2.24, 2.45) is 11.8 Å². The summed E-state index contributed by atoms with van der Waals surface area (Å²) in [5.74, 6) is 2.47. The number of carbonyl (C=O) groups excluding carboxylic acids is 1. The molecule has 4 aromatic rings. The maximum Gasteiger partial charge on any atom is 0.408 e. The molecule has 2 aliphatic heterocycles. The smallest absolute Gasteiger partial charge is 0.408 e. The number of amides is 2. The molecule has 8 rings (SSSR count). The van der Waals surface area contributed by atoms with Crippen LogP contribution in [0.2, 0.25) is 0 Å². The SMILES string of the molecule is COc1cc(C(=O)N2CC3CCC2[C@@H]3N(C(=O)O)C(C)(C)C)cc2sc(-c3cc4ccc(N5CCC(OC)CC5)nc4n3CC3CC3)c(C)c12. The van der Waals surface area contributed by atoms with E-state index in [4.69, 9.17) is 14.5 Å². The number of fused-ring (bicyclic) bond motifs is 4. The van der Waals surface area contributed by atoms with E-state index in [1.807, 2.05) is 37.8 Å². The minimum Gasteiger partial charge on any atom is -0.496 e. The first-order valence-corrected chi connectivity index (χ1v) is 19.0. The van der Waals surface area contributed by atoms with Crippen molar-refractivity contribution in [1.82, 2.24) is 19.4 Å². The zero-order valence-corrected chi connectivity index (χ0v) is 30.9. The Hall–Kier alpha value is -3.83. The number of rotatable bonds is 8. The minimum atomic E-state index is -0.921. The lowest BCUT2D eigenvalue weighted by Crippen LogP contribution is -2.55. The van der Waals surface area contributed by atoms with Crippen LogP contribution in [0, 0.1) is 18.8 Å². The largest absolute Gasteiger partial charge is 0.496 e. The van der Waals surface area contributed by atoms with Gasteiger partial charge in [0.25, 0.3) is 5.91 Å². The third-order valence-corrected chi connectivity index (χ3v) is 13.0. The van der Waals surface area contributed by atoms with Crippen LogP contribution in [0.1, 0.15) is 75.2 Å². The predicted octanol–water partition coefficient (Wildman–Crippen LogP) is 7.64. The zero-order valence-electron chi connectivity index (χ0n) is 30.1. The number of ether oxygens (including phenoxy) is 2. The van der Waals surface area contributed by atoms with E-state index >= 15 is 0 Å². The van der Waals surface area contributed by atoms with Crippen LogP contribution in [0.15, 0.2) is 30.3 Å². The Morgan fingerprint density at radius 1 is 1.04 bits per heavy atom. The Morgan fingerprint density at radius 2 is 1.80 bits per heavy atom. The zero-order chi connectivity index (χ0) is 35.1. The molecule has 2 bridgehead atoms. The Labute approximate surface area is 297 Å². The molecule has 3 atom stereocenters. The van der Waals surface area contributed by atoms with Gasteiger partial charge in [0.15, 0.2) is 0 Å². The van der Waals surface area contributed by atoms with Gasteiger partial charge >= 0.3 is 6.09 Å². The summed E-state index contributed by atoms with van der Waals surface area (Å²) >= 11 is 1.71. The molecule has 2 aliphatic carbocycles. The number of hydrogen-bond acceptors (Lipinski definition) is 7. The van der Waals surface area contributed by atoms with Crippen molar-refractivity contribution in [3.05, 3.63) is 41.5 Å². The first kappa shape index (κ1) is 33.3. The number of likely N-dealkylation sites (tertiary alicyclic amines) is 1. The van der Waals surface area contributed by atoms with E-state index in [9.17, 15) is 14.7 Å². The summed E-state index contributed by atoms with van der Waals surface area (Å²) in [6, 6.07) is 10.2. The van der Waals surface area contributed by atoms with Crippen LogP contribution in [0.3, 0.4) is 0 Å². The van der Waals surface area contributed by atoms with Crippen LogP contribution in [0.4, 0.5) is 10.6 Å². The molecule has 4 fully saturated rings. The second-order valence-corrected chi connectivity index (χ2v) is 16.9. The molecule has 1 N–H and O–H groups in total. The second-order valence-electron chi connectivity index (χ2n) is 15.9. The van der Waals surface area contributed by atoms with Crippen LogP contribution in [-0.2, 0) is 11.3 Å². The van der Waals surface area contributed by atoms with Gasteiger partial charge in [0, 0.05) is 59.9 Å². The lowest BCUT2D eigenvalue weighted by atomic mass is 9.98. The number of nitrogens with zero attached hydrogens (tertiary/aromatic N) is 5. The van der Waals surface area contributed by atoms with Crippen molar-refractivity contribution in [2.45, 2.75) is 96.5 Å². The van der Waals surface area contributed by atoms with E-state index in [0.717, 1.165) is 77.8 Å². The number of aromatic nitrogens is 2. The summed E-state index contributed by atoms with van der Waals surface area (Å²) in [6.45, 7) is 11.4. The fourth-order valence-electron chi connectivity index (χ4n) is 9.03. The highest BCUT2D eigenvalue weighted by atomic mass is 32.1. The van der Waals surface area contributed by atoms with Crippen molar-refractivity contribution in [2.75, 3.05) is 38.8 Å². The molecule has 2 amide bonds. The highest BCUT2D eigenvalue weighted by molar-refractivity contribution is 7.22. The fourth-order valence-corrected chi connectivity index (χ4v) is 10.3. The maximum absolute atomic E-state index is 14.3. The molecule has 11 heteroatoms. The number of aryl methyl sites for hydroxylation is 1. The summed E-state index contributed by atoms with van der Waals surface area (Å²) in [7, 11) is 3.48. The normalized spacial score (nSPS) is 22.6. The maximum atomic E-state index is 14.3. The predicted molar refractivity (Wildman–Crippen MR) is 198 cm³/mol. The van der Waals surface area contributed by atoms with Gasteiger partial charge in [-0.05, 0) is 114 Å². The van der Waals surface area contributed by atoms with Crippen LogP contribution < -0.4 is 9.64 Å². The van der Waals surface area contributed by atoms with Gasteiger partial charge in [-0.2, -0.15) is 0 Å². The van der Waals surface area contributed by atoms with Gasteiger partial charge in [0.2, 0.25) is 0 Å². The van der Waals surface area contributed by atoms with E-state index < -0.39 is 11.6 Å². The van der Waals surface area contributed by atoms with Crippen molar-refractivity contribution < 1.29 is 24.2 Å². The Bertz CT molecular complexity index is 1970. The fraction of sp³-hybridized carbons (Fsp3) is 0.564. The topological polar surface area (TPSA) is 100 Å². The molecule has 3 aromatic heterocycles. The molecule has 1 aromatic carbocycles. The summed E-state index contributed by atoms with van der Waals surface area (Å²) in [4.78, 5) is 39.1. The van der Waals surface area contributed by atoms with Gasteiger partial charge in [0.05, 0.1) is 35.9 Å². The highest BCUT2D eigenvalue weighted by Gasteiger charge is 2.54. The quantitative estimate of drug-likeness (QED) is 0.202. The highest BCUT2D eigenvalue weighted by Crippen LogP contribution is 2.47. The van der Waals surface area contributed by atoms with Crippen molar-refractivity contribution in [3.8, 4) is 16.3 Å². The third kappa shape index (κ3) is 5.61. The molecule has 10 nitrogen and oxygen atoms in total. The molecule has 0 spiro atoms. The Morgan fingerprint density at radius 3 is 2.46 bits per heavy atom. The second kappa shape index (κ2) is 12.4. The summed E-state index contributed by atoms with van der Waals surface area (Å²) in [5.41, 5.74) is 3.38. The van der Waals surface area contributed by atoms with Crippen molar-refractivity contribution in [3.63, 3.8) is 0 Å². The third-order valence-electron chi connectivity index (χ3n) is 11.7. The van der Waals surface area contributed by atoms with Gasteiger partial charge in [-0.25, -0.2) is 9.78 Å².